The predicted molar refractivity (Wildman–Crippen MR) is 157 cm³/mol. The maximum atomic E-state index is 15.1. The lowest BCUT2D eigenvalue weighted by Gasteiger charge is -2.45. The van der Waals surface area contributed by atoms with Gasteiger partial charge in [0.1, 0.15) is 24.0 Å². The molecule has 1 saturated heterocycles. The molecule has 1 fully saturated rings. The molecule has 1 aliphatic rings. The Balaban J connectivity index is 1.41. The molecule has 3 unspecified atom stereocenters. The summed E-state index contributed by atoms with van der Waals surface area (Å²) in [5.41, 5.74) is 8.42. The molecule has 3 aromatic heterocycles. The van der Waals surface area contributed by atoms with Crippen molar-refractivity contribution in [1.82, 2.24) is 24.5 Å². The summed E-state index contributed by atoms with van der Waals surface area (Å²) in [6.45, 7) is 3.58. The average molecular weight is 597 g/mol. The summed E-state index contributed by atoms with van der Waals surface area (Å²) in [5, 5.41) is 7.77. The average Bonchev–Trinajstić information content (AvgIpc) is 3.38. The molecule has 0 saturated carbocycles. The van der Waals surface area contributed by atoms with Gasteiger partial charge in [-0.3, -0.25) is 4.98 Å². The Morgan fingerprint density at radius 3 is 2.60 bits per heavy atom. The minimum absolute atomic E-state index is 0.0342. The second-order valence-corrected chi connectivity index (χ2v) is 10.4. The molecule has 5 rings (SSSR count). The summed E-state index contributed by atoms with van der Waals surface area (Å²) < 4.78 is 46.8. The van der Waals surface area contributed by atoms with E-state index in [0.29, 0.717) is 30.2 Å². The molecule has 4 heterocycles. The molecular formula is C29H34F2N8O4. The van der Waals surface area contributed by atoms with Gasteiger partial charge in [0.15, 0.2) is 0 Å². The molecule has 228 valence electrons. The van der Waals surface area contributed by atoms with E-state index in [2.05, 4.69) is 25.3 Å². The van der Waals surface area contributed by atoms with Crippen molar-refractivity contribution < 1.29 is 27.8 Å². The van der Waals surface area contributed by atoms with Crippen LogP contribution in [0.1, 0.15) is 6.92 Å². The third kappa shape index (κ3) is 6.15. The first-order valence-electron chi connectivity index (χ1n) is 13.7. The smallest absolute Gasteiger partial charge is 0.409 e. The molecule has 3 N–H and O–H groups in total. The number of fused-ring (bicyclic) bond motifs is 1. The van der Waals surface area contributed by atoms with Crippen molar-refractivity contribution >= 4 is 28.9 Å². The number of carbonyl (C=O) groups excluding carboxylic acids is 1. The zero-order valence-electron chi connectivity index (χ0n) is 24.3. The molecule has 1 amide bonds. The van der Waals surface area contributed by atoms with E-state index in [1.807, 2.05) is 13.0 Å². The zero-order chi connectivity index (χ0) is 30.7. The van der Waals surface area contributed by atoms with Crippen LogP contribution in [-0.2, 0) is 9.47 Å². The molecule has 0 bridgehead atoms. The highest BCUT2D eigenvalue weighted by molar-refractivity contribution is 5.74. The number of nitrogens with two attached hydrogens (primary N) is 1. The van der Waals surface area contributed by atoms with Crippen molar-refractivity contribution in [2.45, 2.75) is 19.0 Å². The Hall–Kier alpha value is -4.56. The van der Waals surface area contributed by atoms with E-state index in [1.54, 1.807) is 36.6 Å². The fourth-order valence-electron chi connectivity index (χ4n) is 5.55. The van der Waals surface area contributed by atoms with Gasteiger partial charge in [-0.15, -0.1) is 0 Å². The number of ether oxygens (including phenoxy) is 3. The number of aromatic nitrogens is 4. The van der Waals surface area contributed by atoms with Crippen molar-refractivity contribution in [3.8, 4) is 17.0 Å². The van der Waals surface area contributed by atoms with Gasteiger partial charge in [-0.1, -0.05) is 6.92 Å². The molecule has 0 spiro atoms. The molecule has 1 aromatic carbocycles. The first-order valence-corrected chi connectivity index (χ1v) is 13.7. The maximum Gasteiger partial charge on any atom is 0.409 e. The van der Waals surface area contributed by atoms with Crippen LogP contribution in [0.5, 0.6) is 5.75 Å². The van der Waals surface area contributed by atoms with E-state index >= 15 is 8.78 Å². The Bertz CT molecular complexity index is 1570. The second kappa shape index (κ2) is 12.8. The number of nitrogens with one attached hydrogen (secondary N) is 1. The van der Waals surface area contributed by atoms with Crippen LogP contribution in [0.2, 0.25) is 0 Å². The molecule has 4 aromatic rings. The van der Waals surface area contributed by atoms with Gasteiger partial charge in [0.05, 0.1) is 60.3 Å². The minimum atomic E-state index is -0.810. The number of hydrogen-bond donors (Lipinski definition) is 2. The van der Waals surface area contributed by atoms with Crippen molar-refractivity contribution in [2.75, 3.05) is 57.8 Å². The van der Waals surface area contributed by atoms with E-state index in [4.69, 9.17) is 19.9 Å². The zero-order valence-corrected chi connectivity index (χ0v) is 24.3. The predicted octanol–water partition coefficient (Wildman–Crippen LogP) is 3.69. The van der Waals surface area contributed by atoms with E-state index in [1.165, 1.54) is 24.8 Å². The highest BCUT2D eigenvalue weighted by Crippen LogP contribution is 2.33. The largest absolute Gasteiger partial charge is 0.491 e. The van der Waals surface area contributed by atoms with Gasteiger partial charge in [0.25, 0.3) is 0 Å². The van der Waals surface area contributed by atoms with E-state index in [9.17, 15) is 4.79 Å². The Kier molecular flexibility index (Phi) is 8.87. The number of halogens is 2. The number of methoxy groups -OCH3 is 2. The first kappa shape index (κ1) is 29.9. The fourth-order valence-corrected chi connectivity index (χ4v) is 5.55. The molecule has 14 heteroatoms. The number of likely N-dealkylation sites (N-methyl/N-ethyl adjacent to an activating group) is 1. The van der Waals surface area contributed by atoms with E-state index in [0.717, 1.165) is 17.8 Å². The number of nitrogens with zero attached hydrogens (tertiary/aromatic N) is 6. The monoisotopic (exact) mass is 596 g/mol. The van der Waals surface area contributed by atoms with Crippen LogP contribution in [0, 0.1) is 17.6 Å². The molecular weight excluding hydrogens is 562 g/mol. The lowest BCUT2D eigenvalue weighted by molar-refractivity contribution is 0.0906. The summed E-state index contributed by atoms with van der Waals surface area (Å²) in [7, 11) is 4.55. The minimum Gasteiger partial charge on any atom is -0.491 e. The van der Waals surface area contributed by atoms with Crippen molar-refractivity contribution in [3.63, 3.8) is 0 Å². The number of carbonyl (C=O) groups is 1. The van der Waals surface area contributed by atoms with Crippen molar-refractivity contribution in [2.24, 2.45) is 11.7 Å². The quantitative estimate of drug-likeness (QED) is 0.276. The van der Waals surface area contributed by atoms with Gasteiger partial charge in [-0.25, -0.2) is 18.6 Å². The summed E-state index contributed by atoms with van der Waals surface area (Å²) in [4.78, 5) is 24.5. The Labute approximate surface area is 247 Å². The number of imidazole rings is 1. The van der Waals surface area contributed by atoms with Crippen molar-refractivity contribution in [1.29, 1.82) is 0 Å². The van der Waals surface area contributed by atoms with Gasteiger partial charge in [-0.2, -0.15) is 9.61 Å². The lowest BCUT2D eigenvalue weighted by atomic mass is 9.89. The lowest BCUT2D eigenvalue weighted by Crippen LogP contribution is -2.62. The van der Waals surface area contributed by atoms with Gasteiger partial charge < -0.3 is 35.1 Å². The number of rotatable bonds is 9. The number of benzene rings is 1. The van der Waals surface area contributed by atoms with Gasteiger partial charge in [0.2, 0.25) is 5.95 Å². The molecule has 1 aliphatic heterocycles. The van der Waals surface area contributed by atoms with Crippen LogP contribution in [0.25, 0.3) is 16.8 Å². The van der Waals surface area contributed by atoms with E-state index < -0.39 is 17.7 Å². The van der Waals surface area contributed by atoms with Crippen LogP contribution in [0.4, 0.5) is 30.9 Å². The summed E-state index contributed by atoms with van der Waals surface area (Å²) in [6.07, 6.45) is 4.50. The highest BCUT2D eigenvalue weighted by Gasteiger charge is 2.38. The van der Waals surface area contributed by atoms with Gasteiger partial charge >= 0.3 is 6.09 Å². The maximum absolute atomic E-state index is 15.1. The highest BCUT2D eigenvalue weighted by atomic mass is 19.1. The molecule has 43 heavy (non-hydrogen) atoms. The number of piperidine rings is 1. The van der Waals surface area contributed by atoms with Crippen LogP contribution < -0.4 is 20.7 Å². The number of anilines is 3. The standard InChI is InChI=1S/C29H34F2N8O4/c1-17-15-38(16-22(32)27(17)37(2)29(40)42-4)25-7-8-33-14-24(25)35-28-34-13-18-5-6-23(36-39(18)28)26-20(30)11-19(12-21(26)31)43-10-9-41-3/h5-8,11-14,17,22,27H,9-10,15-16,32H2,1-4H3,(H,34,35). The fraction of sp³-hybridized carbons (Fsp3) is 0.379. The van der Waals surface area contributed by atoms with E-state index in [-0.39, 0.29) is 48.2 Å². The van der Waals surface area contributed by atoms with Crippen LogP contribution in [0.3, 0.4) is 0 Å². The molecule has 3 atom stereocenters. The Morgan fingerprint density at radius 2 is 1.91 bits per heavy atom. The van der Waals surface area contributed by atoms with Gasteiger partial charge in [-0.05, 0) is 24.1 Å². The van der Waals surface area contributed by atoms with Crippen LogP contribution in [-0.4, -0.2) is 90.2 Å². The first-order chi connectivity index (χ1) is 20.7. The summed E-state index contributed by atoms with van der Waals surface area (Å²) in [6, 6.07) is 6.76. The van der Waals surface area contributed by atoms with Crippen molar-refractivity contribution in [3.05, 3.63) is 60.6 Å². The molecule has 0 radical (unpaired) electrons. The summed E-state index contributed by atoms with van der Waals surface area (Å²) in [5.74, 6) is -1.21. The van der Waals surface area contributed by atoms with Gasteiger partial charge in [0, 0.05) is 51.6 Å². The Morgan fingerprint density at radius 1 is 1.14 bits per heavy atom. The molecule has 12 nitrogen and oxygen atoms in total. The summed E-state index contributed by atoms with van der Waals surface area (Å²) >= 11 is 0. The third-order valence-corrected chi connectivity index (χ3v) is 7.47. The second-order valence-electron chi connectivity index (χ2n) is 10.4. The number of hydrogen-bond acceptors (Lipinski definition) is 10. The SMILES string of the molecule is COCCOc1cc(F)c(-c2ccc3cnc(Nc4cnccc4N4CC(C)C(N(C)C(=O)OC)C(N)C4)n3n2)c(F)c1. The number of amides is 1. The molecule has 0 aliphatic carbocycles. The van der Waals surface area contributed by atoms with Crippen LogP contribution >= 0.6 is 0 Å². The third-order valence-electron chi connectivity index (χ3n) is 7.47. The normalized spacial score (nSPS) is 18.5. The van der Waals surface area contributed by atoms with Crippen LogP contribution in [0.15, 0.2) is 48.9 Å². The topological polar surface area (TPSA) is 132 Å². The number of pyridine rings is 1.